The molecular weight excluding hydrogens is 590 g/mol. The van der Waals surface area contributed by atoms with Crippen LogP contribution in [-0.2, 0) is 25.5 Å². The molecule has 0 bridgehead atoms. The molecule has 0 spiro atoms. The summed E-state index contributed by atoms with van der Waals surface area (Å²) in [5, 5.41) is 19.8. The van der Waals surface area contributed by atoms with E-state index in [2.05, 4.69) is 36.3 Å². The molecule has 0 saturated carbocycles. The second kappa shape index (κ2) is 19.6. The number of likely N-dealkylation sites (tertiary alicyclic amines) is 1. The molecule has 2 amide bonds. The van der Waals surface area contributed by atoms with Gasteiger partial charge in [0.15, 0.2) is 0 Å². The van der Waals surface area contributed by atoms with E-state index in [9.17, 15) is 9.90 Å². The van der Waals surface area contributed by atoms with Gasteiger partial charge in [-0.3, -0.25) is 4.98 Å². The monoisotopic (exact) mass is 637 g/mol. The number of pyridine rings is 1. The van der Waals surface area contributed by atoms with Gasteiger partial charge in [0.1, 0.15) is 18.1 Å². The molecule has 250 valence electrons. The van der Waals surface area contributed by atoms with Gasteiger partial charge >= 0.3 is 6.03 Å². The van der Waals surface area contributed by atoms with Crippen molar-refractivity contribution in [3.05, 3.63) is 47.8 Å². The lowest BCUT2D eigenvalue weighted by atomic mass is 10.1. The molecule has 0 unspecified atom stereocenters. The van der Waals surface area contributed by atoms with Crippen LogP contribution in [0.2, 0.25) is 0 Å². The number of carbonyl (C=O) groups is 1. The van der Waals surface area contributed by atoms with E-state index in [1.165, 1.54) is 0 Å². The predicted octanol–water partition coefficient (Wildman–Crippen LogP) is 2.37. The number of imidazole rings is 1. The minimum atomic E-state index is -0.201. The fraction of sp³-hybridized carbons (Fsp3) is 0.545. The lowest BCUT2D eigenvalue weighted by molar-refractivity contribution is 0.00187. The zero-order valence-electron chi connectivity index (χ0n) is 26.7. The summed E-state index contributed by atoms with van der Waals surface area (Å²) in [4.78, 5) is 23.9. The Kier molecular flexibility index (Phi) is 14.9. The van der Waals surface area contributed by atoms with Crippen LogP contribution in [0, 0.1) is 19.3 Å². The highest BCUT2D eigenvalue weighted by Gasteiger charge is 2.22. The summed E-state index contributed by atoms with van der Waals surface area (Å²) >= 11 is 0. The number of aryl methyl sites for hydroxylation is 1. The Morgan fingerprint density at radius 1 is 0.935 bits per heavy atom. The van der Waals surface area contributed by atoms with E-state index >= 15 is 0 Å². The molecule has 1 fully saturated rings. The van der Waals surface area contributed by atoms with Gasteiger partial charge in [-0.15, -0.1) is 6.42 Å². The summed E-state index contributed by atoms with van der Waals surface area (Å²) in [7, 11) is 0. The number of carbonyl (C=O) groups excluding carboxylic acids is 1. The first-order valence-electron chi connectivity index (χ1n) is 15.9. The summed E-state index contributed by atoms with van der Waals surface area (Å²) in [5.74, 6) is 3.36. The van der Waals surface area contributed by atoms with E-state index in [-0.39, 0.29) is 17.8 Å². The van der Waals surface area contributed by atoms with Crippen molar-refractivity contribution in [3.63, 3.8) is 0 Å². The Hall–Kier alpha value is -3.93. The summed E-state index contributed by atoms with van der Waals surface area (Å²) in [6.07, 6.45) is 7.01. The van der Waals surface area contributed by atoms with Crippen molar-refractivity contribution in [2.24, 2.45) is 0 Å². The topological polar surface area (TPSA) is 144 Å². The Balaban J connectivity index is 1.06. The van der Waals surface area contributed by atoms with E-state index in [0.717, 1.165) is 55.2 Å². The molecule has 1 aliphatic heterocycles. The second-order valence-electron chi connectivity index (χ2n) is 11.0. The van der Waals surface area contributed by atoms with Crippen LogP contribution in [0.15, 0.2) is 36.4 Å². The Bertz CT molecular complexity index is 1390. The van der Waals surface area contributed by atoms with E-state index < -0.39 is 0 Å². The third-order valence-corrected chi connectivity index (χ3v) is 7.52. The van der Waals surface area contributed by atoms with Gasteiger partial charge in [-0.25, -0.2) is 9.78 Å². The van der Waals surface area contributed by atoms with Crippen LogP contribution in [0.1, 0.15) is 24.2 Å². The number of hydrogen-bond acceptors (Lipinski definition) is 10. The van der Waals surface area contributed by atoms with Crippen molar-refractivity contribution >= 4 is 23.0 Å². The number of hydrogen-bond donors (Lipinski definition) is 4. The molecule has 2 aromatic heterocycles. The van der Waals surface area contributed by atoms with Crippen LogP contribution >= 0.6 is 0 Å². The van der Waals surface area contributed by atoms with Crippen molar-refractivity contribution < 1.29 is 28.8 Å². The van der Waals surface area contributed by atoms with E-state index in [1.54, 1.807) is 12.1 Å². The molecule has 0 aliphatic carbocycles. The Labute approximate surface area is 271 Å². The number of benzene rings is 1. The van der Waals surface area contributed by atoms with E-state index in [0.29, 0.717) is 78.2 Å². The maximum atomic E-state index is 12.1. The lowest BCUT2D eigenvalue weighted by Gasteiger charge is -2.32. The van der Waals surface area contributed by atoms with Gasteiger partial charge in [0.05, 0.1) is 63.8 Å². The number of nitrogens with one attached hydrogen (secondary N) is 3. The third kappa shape index (κ3) is 11.8. The smallest absolute Gasteiger partial charge is 0.314 e. The highest BCUT2D eigenvalue weighted by Crippen LogP contribution is 2.25. The van der Waals surface area contributed by atoms with Gasteiger partial charge < -0.3 is 49.5 Å². The fourth-order valence-corrected chi connectivity index (χ4v) is 5.12. The van der Waals surface area contributed by atoms with Gasteiger partial charge in [0.2, 0.25) is 5.95 Å². The molecule has 3 aromatic rings. The van der Waals surface area contributed by atoms with Crippen LogP contribution in [-0.4, -0.2) is 122 Å². The maximum Gasteiger partial charge on any atom is 0.314 e. The molecular formula is C33H47N7O6. The van der Waals surface area contributed by atoms with Crippen LogP contribution in [0.25, 0.3) is 11.0 Å². The van der Waals surface area contributed by atoms with Crippen molar-refractivity contribution in [2.45, 2.75) is 32.4 Å². The highest BCUT2D eigenvalue weighted by molar-refractivity contribution is 5.78. The van der Waals surface area contributed by atoms with Gasteiger partial charge in [-0.1, -0.05) is 18.1 Å². The number of nitrogens with zero attached hydrogens (tertiary/aromatic N) is 4. The predicted molar refractivity (Wildman–Crippen MR) is 176 cm³/mol. The first-order valence-corrected chi connectivity index (χ1v) is 15.9. The van der Waals surface area contributed by atoms with Crippen molar-refractivity contribution in [3.8, 4) is 18.1 Å². The van der Waals surface area contributed by atoms with Crippen LogP contribution < -0.4 is 16.0 Å². The van der Waals surface area contributed by atoms with Crippen molar-refractivity contribution in [1.82, 2.24) is 30.1 Å². The molecule has 0 atom stereocenters. The molecule has 1 saturated heterocycles. The molecule has 13 heteroatoms. The number of urea groups is 1. The molecule has 0 radical (unpaired) electrons. The highest BCUT2D eigenvalue weighted by atomic mass is 16.6. The number of ether oxygens (including phenoxy) is 4. The molecule has 4 N–H and O–H groups in total. The van der Waals surface area contributed by atoms with Crippen molar-refractivity contribution in [1.29, 1.82) is 0 Å². The minimum Gasteiger partial charge on any atom is -0.506 e. The minimum absolute atomic E-state index is 0.178. The first kappa shape index (κ1) is 34.9. The second-order valence-corrected chi connectivity index (χ2v) is 11.0. The molecule has 1 aromatic carbocycles. The fourth-order valence-electron chi connectivity index (χ4n) is 5.12. The molecule has 1 aliphatic rings. The van der Waals surface area contributed by atoms with Gasteiger partial charge in [-0.05, 0) is 44.0 Å². The van der Waals surface area contributed by atoms with Crippen LogP contribution in [0.3, 0.4) is 0 Å². The van der Waals surface area contributed by atoms with Crippen LogP contribution in [0.4, 0.5) is 10.7 Å². The number of anilines is 1. The van der Waals surface area contributed by atoms with E-state index in [1.807, 2.05) is 31.2 Å². The number of piperidine rings is 1. The number of rotatable bonds is 20. The summed E-state index contributed by atoms with van der Waals surface area (Å²) in [6.45, 7) is 9.50. The quantitative estimate of drug-likeness (QED) is 0.108. The number of aromatic hydroxyl groups is 1. The van der Waals surface area contributed by atoms with E-state index in [4.69, 9.17) is 30.4 Å². The maximum absolute atomic E-state index is 12.1. The summed E-state index contributed by atoms with van der Waals surface area (Å²) in [6, 6.07) is 11.6. The van der Waals surface area contributed by atoms with Gasteiger partial charge in [0.25, 0.3) is 0 Å². The third-order valence-electron chi connectivity index (χ3n) is 7.52. The lowest BCUT2D eigenvalue weighted by Crippen LogP contribution is -2.45. The zero-order valence-corrected chi connectivity index (χ0v) is 26.7. The van der Waals surface area contributed by atoms with Gasteiger partial charge in [0, 0.05) is 44.5 Å². The number of terminal acetylenes is 1. The molecule has 46 heavy (non-hydrogen) atoms. The molecule has 3 heterocycles. The summed E-state index contributed by atoms with van der Waals surface area (Å²) < 4.78 is 23.5. The van der Waals surface area contributed by atoms with Crippen molar-refractivity contribution in [2.75, 3.05) is 90.9 Å². The molecule has 4 rings (SSSR count). The largest absolute Gasteiger partial charge is 0.506 e. The average Bonchev–Trinajstić information content (AvgIpc) is 3.40. The Morgan fingerprint density at radius 3 is 2.35 bits per heavy atom. The number of amides is 2. The van der Waals surface area contributed by atoms with Crippen LogP contribution in [0.5, 0.6) is 5.75 Å². The molecule has 13 nitrogen and oxygen atoms in total. The standard InChI is InChI=1S/C33H47N7O6/c1-3-17-43-19-21-45-23-24-46-22-20-44-18-13-35-33(42)34-12-16-39-14-10-27(11-15-39)37-32-38-28-6-4-5-7-30(28)40(32)25-29-31(41)9-8-26(2)36-29/h1,4-9,27,41H,10-25H2,2H3,(H,37,38)(H2,34,35,42). The average molecular weight is 638 g/mol. The number of fused-ring (bicyclic) bond motifs is 1. The Morgan fingerprint density at radius 2 is 1.61 bits per heavy atom. The zero-order chi connectivity index (χ0) is 32.4. The SMILES string of the molecule is C#CCOCCOCCOCCOCCNC(=O)NCCN1CCC(Nc2nc3ccccc3n2Cc2nc(C)ccc2O)CC1. The normalized spacial score (nSPS) is 13.9. The number of aromatic nitrogens is 3. The van der Waals surface area contributed by atoms with Gasteiger partial charge in [-0.2, -0.15) is 0 Å². The first-order chi connectivity index (χ1) is 22.5. The summed E-state index contributed by atoms with van der Waals surface area (Å²) in [5.41, 5.74) is 3.37. The number of para-hydroxylation sites is 2.